The minimum atomic E-state index is 0.0488. The number of hydrogen-bond donors (Lipinski definition) is 1. The van der Waals surface area contributed by atoms with E-state index in [0.29, 0.717) is 6.42 Å². The summed E-state index contributed by atoms with van der Waals surface area (Å²) >= 11 is 0. The van der Waals surface area contributed by atoms with Crippen LogP contribution in [0.2, 0.25) is 0 Å². The fraction of sp³-hybridized carbons (Fsp3) is 0.562. The summed E-state index contributed by atoms with van der Waals surface area (Å²) in [5, 5.41) is 3.37. The molecule has 1 fully saturated rings. The van der Waals surface area contributed by atoms with Gasteiger partial charge in [0.1, 0.15) is 0 Å². The van der Waals surface area contributed by atoms with Gasteiger partial charge in [-0.2, -0.15) is 0 Å². The van der Waals surface area contributed by atoms with Crippen molar-refractivity contribution in [1.82, 2.24) is 5.32 Å². The lowest BCUT2D eigenvalue weighted by Crippen LogP contribution is -2.33. The molecule has 1 atom stereocenters. The topological polar surface area (TPSA) is 32.3 Å². The third-order valence-electron chi connectivity index (χ3n) is 3.62. The standard InChI is InChI=1S/C16H24N2O/c1-5-17-12-10-15(19)18(11-12)14-9-7-6-8-13(14)16(2,3)4/h6-9,12,17H,5,10-11H2,1-4H3. The molecule has 0 aliphatic carbocycles. The van der Waals surface area contributed by atoms with Gasteiger partial charge in [0.05, 0.1) is 0 Å². The summed E-state index contributed by atoms with van der Waals surface area (Å²) in [4.78, 5) is 14.2. The molecule has 19 heavy (non-hydrogen) atoms. The highest BCUT2D eigenvalue weighted by molar-refractivity contribution is 5.97. The van der Waals surface area contributed by atoms with Crippen molar-refractivity contribution in [2.75, 3.05) is 18.0 Å². The van der Waals surface area contributed by atoms with Gasteiger partial charge in [-0.25, -0.2) is 0 Å². The molecule has 104 valence electrons. The van der Waals surface area contributed by atoms with Crippen LogP contribution in [0.25, 0.3) is 0 Å². The number of likely N-dealkylation sites (N-methyl/N-ethyl adjacent to an activating group) is 1. The number of benzene rings is 1. The maximum absolute atomic E-state index is 12.2. The first-order valence-electron chi connectivity index (χ1n) is 7.06. The van der Waals surface area contributed by atoms with E-state index in [9.17, 15) is 4.79 Å². The third kappa shape index (κ3) is 2.98. The van der Waals surface area contributed by atoms with E-state index in [-0.39, 0.29) is 17.4 Å². The fourth-order valence-electron chi connectivity index (χ4n) is 2.71. The Morgan fingerprint density at radius 2 is 2.00 bits per heavy atom. The number of amides is 1. The Morgan fingerprint density at radius 3 is 2.63 bits per heavy atom. The first-order valence-corrected chi connectivity index (χ1v) is 7.06. The maximum Gasteiger partial charge on any atom is 0.228 e. The molecule has 0 bridgehead atoms. The number of rotatable bonds is 3. The molecule has 1 aliphatic heterocycles. The molecule has 1 heterocycles. The monoisotopic (exact) mass is 260 g/mol. The van der Waals surface area contributed by atoms with E-state index in [1.807, 2.05) is 17.0 Å². The highest BCUT2D eigenvalue weighted by Crippen LogP contribution is 2.33. The summed E-state index contributed by atoms with van der Waals surface area (Å²) in [7, 11) is 0. The molecule has 3 nitrogen and oxygen atoms in total. The molecule has 0 radical (unpaired) electrons. The summed E-state index contributed by atoms with van der Waals surface area (Å²) in [6.07, 6.45) is 0.603. The summed E-state index contributed by atoms with van der Waals surface area (Å²) in [5.74, 6) is 0.225. The normalized spacial score (nSPS) is 20.1. The van der Waals surface area contributed by atoms with Crippen LogP contribution in [0, 0.1) is 0 Å². The van der Waals surface area contributed by atoms with Crippen LogP contribution >= 0.6 is 0 Å². The maximum atomic E-state index is 12.2. The lowest BCUT2D eigenvalue weighted by molar-refractivity contribution is -0.117. The summed E-state index contributed by atoms with van der Waals surface area (Å²) in [6.45, 7) is 10.3. The molecular formula is C16H24N2O. The Labute approximate surface area is 116 Å². The molecule has 3 heteroatoms. The zero-order valence-electron chi connectivity index (χ0n) is 12.4. The van der Waals surface area contributed by atoms with Gasteiger partial charge < -0.3 is 10.2 Å². The van der Waals surface area contributed by atoms with Crippen LogP contribution in [-0.2, 0) is 10.2 Å². The second-order valence-electron chi connectivity index (χ2n) is 6.23. The van der Waals surface area contributed by atoms with Crippen molar-refractivity contribution < 1.29 is 4.79 Å². The van der Waals surface area contributed by atoms with Crippen molar-refractivity contribution in [3.8, 4) is 0 Å². The van der Waals surface area contributed by atoms with E-state index < -0.39 is 0 Å². The first-order chi connectivity index (χ1) is 8.93. The van der Waals surface area contributed by atoms with Crippen molar-refractivity contribution in [2.24, 2.45) is 0 Å². The third-order valence-corrected chi connectivity index (χ3v) is 3.62. The molecule has 0 spiro atoms. The molecule has 1 saturated heterocycles. The molecule has 1 aromatic carbocycles. The summed E-state index contributed by atoms with van der Waals surface area (Å²) in [5.41, 5.74) is 2.36. The van der Waals surface area contributed by atoms with E-state index >= 15 is 0 Å². The predicted octanol–water partition coefficient (Wildman–Crippen LogP) is 2.70. The molecule has 0 aromatic heterocycles. The number of para-hydroxylation sites is 1. The van der Waals surface area contributed by atoms with E-state index in [1.54, 1.807) is 0 Å². The van der Waals surface area contributed by atoms with E-state index in [4.69, 9.17) is 0 Å². The van der Waals surface area contributed by atoms with Crippen molar-refractivity contribution in [1.29, 1.82) is 0 Å². The quantitative estimate of drug-likeness (QED) is 0.906. The van der Waals surface area contributed by atoms with Crippen LogP contribution in [-0.4, -0.2) is 25.0 Å². The molecule has 1 unspecified atom stereocenters. The van der Waals surface area contributed by atoms with Crippen LogP contribution in [0.4, 0.5) is 5.69 Å². The zero-order valence-corrected chi connectivity index (χ0v) is 12.4. The van der Waals surface area contributed by atoms with Crippen LogP contribution in [0.3, 0.4) is 0 Å². The van der Waals surface area contributed by atoms with Crippen LogP contribution in [0.5, 0.6) is 0 Å². The molecule has 1 aromatic rings. The fourth-order valence-corrected chi connectivity index (χ4v) is 2.71. The average Bonchev–Trinajstić information content (AvgIpc) is 2.70. The highest BCUT2D eigenvalue weighted by Gasteiger charge is 2.32. The summed E-state index contributed by atoms with van der Waals surface area (Å²) < 4.78 is 0. The van der Waals surface area contributed by atoms with Crippen molar-refractivity contribution in [3.05, 3.63) is 29.8 Å². The van der Waals surface area contributed by atoms with E-state index in [0.717, 1.165) is 18.8 Å². The number of hydrogen-bond acceptors (Lipinski definition) is 2. The number of carbonyl (C=O) groups excluding carboxylic acids is 1. The largest absolute Gasteiger partial charge is 0.312 e. The van der Waals surface area contributed by atoms with Gasteiger partial charge in [0.2, 0.25) is 5.91 Å². The lowest BCUT2D eigenvalue weighted by atomic mass is 9.85. The molecule has 0 saturated carbocycles. The van der Waals surface area contributed by atoms with Gasteiger partial charge in [-0.15, -0.1) is 0 Å². The smallest absolute Gasteiger partial charge is 0.228 e. The molecular weight excluding hydrogens is 236 g/mol. The minimum Gasteiger partial charge on any atom is -0.312 e. The van der Waals surface area contributed by atoms with Gasteiger partial charge in [0.25, 0.3) is 0 Å². The molecule has 1 aliphatic rings. The van der Waals surface area contributed by atoms with Crippen molar-refractivity contribution in [2.45, 2.75) is 45.6 Å². The van der Waals surface area contributed by atoms with Gasteiger partial charge in [-0.1, -0.05) is 45.9 Å². The number of nitrogens with one attached hydrogen (secondary N) is 1. The van der Waals surface area contributed by atoms with Gasteiger partial charge in [-0.3, -0.25) is 4.79 Å². The Balaban J connectivity index is 2.30. The van der Waals surface area contributed by atoms with Gasteiger partial charge in [0, 0.05) is 24.7 Å². The van der Waals surface area contributed by atoms with Crippen LogP contribution in [0.1, 0.15) is 39.7 Å². The number of anilines is 1. The Morgan fingerprint density at radius 1 is 1.32 bits per heavy atom. The average molecular weight is 260 g/mol. The highest BCUT2D eigenvalue weighted by atomic mass is 16.2. The predicted molar refractivity (Wildman–Crippen MR) is 79.6 cm³/mol. The second kappa shape index (κ2) is 5.33. The molecule has 1 N–H and O–H groups in total. The minimum absolute atomic E-state index is 0.0488. The van der Waals surface area contributed by atoms with Gasteiger partial charge >= 0.3 is 0 Å². The Bertz CT molecular complexity index is 462. The summed E-state index contributed by atoms with van der Waals surface area (Å²) in [6, 6.07) is 8.53. The van der Waals surface area contributed by atoms with Crippen molar-refractivity contribution in [3.63, 3.8) is 0 Å². The van der Waals surface area contributed by atoms with Crippen LogP contribution in [0.15, 0.2) is 24.3 Å². The molecule has 2 rings (SSSR count). The lowest BCUT2D eigenvalue weighted by Gasteiger charge is -2.27. The van der Waals surface area contributed by atoms with Gasteiger partial charge in [-0.05, 0) is 23.6 Å². The SMILES string of the molecule is CCNC1CC(=O)N(c2ccccc2C(C)(C)C)C1. The Hall–Kier alpha value is -1.35. The molecule has 1 amide bonds. The second-order valence-corrected chi connectivity index (χ2v) is 6.23. The van der Waals surface area contributed by atoms with Crippen molar-refractivity contribution >= 4 is 11.6 Å². The first kappa shape index (κ1) is 14.1. The zero-order chi connectivity index (χ0) is 14.0. The number of nitrogens with zero attached hydrogens (tertiary/aromatic N) is 1. The Kier molecular flexibility index (Phi) is 3.95. The van der Waals surface area contributed by atoms with Gasteiger partial charge in [0.15, 0.2) is 0 Å². The number of carbonyl (C=O) groups is 1. The van der Waals surface area contributed by atoms with E-state index in [2.05, 4.69) is 45.1 Å². The van der Waals surface area contributed by atoms with Crippen LogP contribution < -0.4 is 10.2 Å². The van der Waals surface area contributed by atoms with E-state index in [1.165, 1.54) is 5.56 Å².